The van der Waals surface area contributed by atoms with E-state index >= 15 is 0 Å². The van der Waals surface area contributed by atoms with Gasteiger partial charge in [-0.25, -0.2) is 9.37 Å². The molecule has 1 aromatic carbocycles. The number of aliphatic hydroxyl groups excluding tert-OH is 1. The number of carbonyl (C=O) groups excluding carboxylic acids is 1. The van der Waals surface area contributed by atoms with Crippen molar-refractivity contribution in [3.63, 3.8) is 0 Å². The van der Waals surface area contributed by atoms with Crippen molar-refractivity contribution in [2.45, 2.75) is 6.42 Å². The number of benzene rings is 1. The molecule has 122 valence electrons. The Morgan fingerprint density at radius 3 is 2.71 bits per heavy atom. The maximum Gasteiger partial charge on any atom is 0.289 e. The summed E-state index contributed by atoms with van der Waals surface area (Å²) in [6, 6.07) is 5.80. The highest BCUT2D eigenvalue weighted by Gasteiger charge is 2.18. The Labute approximate surface area is 134 Å². The number of hydrogen-bond donors (Lipinski definition) is 2. The third kappa shape index (κ3) is 3.37. The van der Waals surface area contributed by atoms with Gasteiger partial charge in [0.25, 0.3) is 6.01 Å². The molecule has 3 aromatic rings. The third-order valence-electron chi connectivity index (χ3n) is 3.21. The molecule has 2 aromatic heterocycles. The molecule has 0 amide bonds. The Hall–Kier alpha value is -3.29. The van der Waals surface area contributed by atoms with Gasteiger partial charge in [-0.2, -0.15) is 9.49 Å². The number of allylic oxidation sites excluding steroid dienone is 1. The van der Waals surface area contributed by atoms with Gasteiger partial charge >= 0.3 is 0 Å². The van der Waals surface area contributed by atoms with Crippen molar-refractivity contribution in [3.8, 4) is 0 Å². The van der Waals surface area contributed by atoms with E-state index in [1.54, 1.807) is 0 Å². The highest BCUT2D eigenvalue weighted by molar-refractivity contribution is 6.07. The Kier molecular flexibility index (Phi) is 4.19. The fourth-order valence-corrected chi connectivity index (χ4v) is 2.07. The summed E-state index contributed by atoms with van der Waals surface area (Å²) >= 11 is 0. The van der Waals surface area contributed by atoms with Gasteiger partial charge in [0.15, 0.2) is 11.5 Å². The number of H-pyrrole nitrogens is 1. The molecule has 0 spiro atoms. The number of hydrogen-bond acceptors (Lipinski definition) is 5. The van der Waals surface area contributed by atoms with Crippen LogP contribution in [-0.4, -0.2) is 26.1 Å². The number of aromatic nitrogens is 3. The number of aliphatic hydroxyl groups is 1. The van der Waals surface area contributed by atoms with Gasteiger partial charge < -0.3 is 9.52 Å². The minimum atomic E-state index is -1.06. The fourth-order valence-electron chi connectivity index (χ4n) is 2.07. The standard InChI is InChI=1S/C16H11F2N3O3/c17-10-3-1-9(2-4-10)5-11-6-12(15(18)24-11)13(22)7-14(23)16-19-8-20-21-16/h1-4,6-8,23H,5H2,(H,19,20,21). The second-order valence-corrected chi connectivity index (χ2v) is 4.92. The zero-order chi connectivity index (χ0) is 17.1. The third-order valence-corrected chi connectivity index (χ3v) is 3.21. The number of ketones is 1. The molecule has 3 rings (SSSR count). The van der Waals surface area contributed by atoms with Gasteiger partial charge in [0, 0.05) is 12.5 Å². The van der Waals surface area contributed by atoms with E-state index in [4.69, 9.17) is 4.42 Å². The van der Waals surface area contributed by atoms with Crippen LogP contribution >= 0.6 is 0 Å². The van der Waals surface area contributed by atoms with Gasteiger partial charge in [0.05, 0.1) is 5.56 Å². The van der Waals surface area contributed by atoms with Crippen LogP contribution in [0.1, 0.15) is 27.5 Å². The van der Waals surface area contributed by atoms with Gasteiger partial charge in [-0.1, -0.05) is 12.1 Å². The maximum absolute atomic E-state index is 13.8. The number of carbonyl (C=O) groups is 1. The first-order valence-corrected chi connectivity index (χ1v) is 6.86. The number of furan rings is 1. The minimum Gasteiger partial charge on any atom is -0.504 e. The van der Waals surface area contributed by atoms with Crippen molar-refractivity contribution in [1.82, 2.24) is 15.2 Å². The van der Waals surface area contributed by atoms with E-state index in [1.165, 1.54) is 36.7 Å². The Morgan fingerprint density at radius 2 is 2.04 bits per heavy atom. The monoisotopic (exact) mass is 331 g/mol. The molecule has 0 radical (unpaired) electrons. The minimum absolute atomic E-state index is 0.0845. The number of aromatic amines is 1. The summed E-state index contributed by atoms with van der Waals surface area (Å²) in [6.45, 7) is 0. The first-order chi connectivity index (χ1) is 11.5. The normalized spacial score (nSPS) is 11.7. The predicted octanol–water partition coefficient (Wildman–Crippen LogP) is 3.05. The van der Waals surface area contributed by atoms with Crippen LogP contribution < -0.4 is 0 Å². The van der Waals surface area contributed by atoms with E-state index in [-0.39, 0.29) is 29.4 Å². The smallest absolute Gasteiger partial charge is 0.289 e. The number of nitrogens with zero attached hydrogens (tertiary/aromatic N) is 2. The average Bonchev–Trinajstić information content (AvgIpc) is 3.19. The number of nitrogens with one attached hydrogen (secondary N) is 1. The lowest BCUT2D eigenvalue weighted by Crippen LogP contribution is -1.98. The molecule has 6 nitrogen and oxygen atoms in total. The molecular weight excluding hydrogens is 320 g/mol. The lowest BCUT2D eigenvalue weighted by Gasteiger charge is -1.97. The van der Waals surface area contributed by atoms with Crippen molar-refractivity contribution in [2.24, 2.45) is 0 Å². The largest absolute Gasteiger partial charge is 0.504 e. The Balaban J connectivity index is 1.79. The topological polar surface area (TPSA) is 92.0 Å². The van der Waals surface area contributed by atoms with Crippen LogP contribution in [0.15, 0.2) is 47.2 Å². The zero-order valence-electron chi connectivity index (χ0n) is 12.2. The summed E-state index contributed by atoms with van der Waals surface area (Å²) in [5.74, 6) is -1.55. The molecule has 0 fully saturated rings. The molecule has 0 saturated carbocycles. The molecule has 0 aliphatic rings. The second-order valence-electron chi connectivity index (χ2n) is 4.92. The van der Waals surface area contributed by atoms with Gasteiger partial charge in [0.2, 0.25) is 5.82 Å². The van der Waals surface area contributed by atoms with E-state index in [9.17, 15) is 18.7 Å². The van der Waals surface area contributed by atoms with E-state index in [0.29, 0.717) is 5.56 Å². The van der Waals surface area contributed by atoms with Gasteiger partial charge in [0.1, 0.15) is 17.9 Å². The van der Waals surface area contributed by atoms with E-state index in [1.807, 2.05) is 0 Å². The van der Waals surface area contributed by atoms with Crippen LogP contribution in [0.3, 0.4) is 0 Å². The summed E-state index contributed by atoms with van der Waals surface area (Å²) in [4.78, 5) is 15.7. The highest BCUT2D eigenvalue weighted by Crippen LogP contribution is 2.19. The van der Waals surface area contributed by atoms with Crippen LogP contribution in [0.5, 0.6) is 0 Å². The van der Waals surface area contributed by atoms with Crippen LogP contribution in [0.25, 0.3) is 5.76 Å². The molecule has 0 aliphatic heterocycles. The van der Waals surface area contributed by atoms with Crippen molar-refractivity contribution in [1.29, 1.82) is 0 Å². The van der Waals surface area contributed by atoms with Crippen LogP contribution in [-0.2, 0) is 6.42 Å². The summed E-state index contributed by atoms with van der Waals surface area (Å²) in [5.41, 5.74) is 0.373. The maximum atomic E-state index is 13.8. The van der Waals surface area contributed by atoms with E-state index in [2.05, 4.69) is 15.2 Å². The summed E-state index contributed by atoms with van der Waals surface area (Å²) in [7, 11) is 0. The second kappa shape index (κ2) is 6.45. The molecule has 24 heavy (non-hydrogen) atoms. The highest BCUT2D eigenvalue weighted by atomic mass is 19.1. The SMILES string of the molecule is O=C(C=C(O)c1nc[nH]n1)c1cc(Cc2ccc(F)cc2)oc1F. The first kappa shape index (κ1) is 15.6. The van der Waals surface area contributed by atoms with Crippen molar-refractivity contribution in [3.05, 3.63) is 77.3 Å². The van der Waals surface area contributed by atoms with Gasteiger partial charge in [-0.05, 0) is 23.8 Å². The van der Waals surface area contributed by atoms with Crippen molar-refractivity contribution >= 4 is 11.5 Å². The van der Waals surface area contributed by atoms with Crippen LogP contribution in [0, 0.1) is 11.8 Å². The molecule has 0 unspecified atom stereocenters. The Bertz CT molecular complexity index is 884. The molecule has 8 heteroatoms. The molecular formula is C16H11F2N3O3. The lowest BCUT2D eigenvalue weighted by molar-refractivity contribution is 0.103. The number of halogens is 2. The molecule has 0 bridgehead atoms. The molecule has 0 saturated heterocycles. The molecule has 0 aliphatic carbocycles. The quantitative estimate of drug-likeness (QED) is 0.426. The summed E-state index contributed by atoms with van der Waals surface area (Å²) < 4.78 is 31.6. The number of rotatable bonds is 5. The average molecular weight is 331 g/mol. The summed E-state index contributed by atoms with van der Waals surface area (Å²) in [6.07, 6.45) is 2.23. The molecule has 2 heterocycles. The molecule has 0 atom stereocenters. The lowest BCUT2D eigenvalue weighted by atomic mass is 10.1. The van der Waals surface area contributed by atoms with E-state index < -0.39 is 17.6 Å². The van der Waals surface area contributed by atoms with E-state index in [0.717, 1.165) is 6.08 Å². The van der Waals surface area contributed by atoms with Crippen LogP contribution in [0.4, 0.5) is 8.78 Å². The van der Waals surface area contributed by atoms with Crippen molar-refractivity contribution < 1.29 is 23.1 Å². The summed E-state index contributed by atoms with van der Waals surface area (Å²) in [5, 5.41) is 15.7. The fraction of sp³-hybridized carbons (Fsp3) is 0.0625. The Morgan fingerprint density at radius 1 is 1.29 bits per heavy atom. The van der Waals surface area contributed by atoms with Crippen LogP contribution in [0.2, 0.25) is 0 Å². The first-order valence-electron chi connectivity index (χ1n) is 6.86. The van der Waals surface area contributed by atoms with Gasteiger partial charge in [-0.15, -0.1) is 0 Å². The molecule has 2 N–H and O–H groups in total. The zero-order valence-corrected chi connectivity index (χ0v) is 12.2. The van der Waals surface area contributed by atoms with Crippen molar-refractivity contribution in [2.75, 3.05) is 0 Å². The van der Waals surface area contributed by atoms with Gasteiger partial charge in [-0.3, -0.25) is 9.89 Å². The predicted molar refractivity (Wildman–Crippen MR) is 79.2 cm³/mol.